The van der Waals surface area contributed by atoms with Crippen molar-refractivity contribution in [2.45, 2.75) is 13.5 Å². The first-order valence-electron chi connectivity index (χ1n) is 4.40. The summed E-state index contributed by atoms with van der Waals surface area (Å²) >= 11 is 0. The van der Waals surface area contributed by atoms with Crippen LogP contribution in [0, 0.1) is 6.92 Å². The molecule has 4 nitrogen and oxygen atoms in total. The number of rotatable bonds is 2. The van der Waals surface area contributed by atoms with Gasteiger partial charge in [0.25, 0.3) is 5.89 Å². The molecule has 14 heavy (non-hydrogen) atoms. The van der Waals surface area contributed by atoms with Crippen molar-refractivity contribution in [3.8, 4) is 11.5 Å². The third kappa shape index (κ3) is 1.52. The molecule has 0 aliphatic heterocycles. The molecule has 72 valence electrons. The summed E-state index contributed by atoms with van der Waals surface area (Å²) in [7, 11) is 0. The standard InChI is InChI=1S/C10H11N3O/c1-7-12-10(14-13-7)9-5-3-2-4-8(9)6-11/h2-5H,6,11H2,1H3. The Kier molecular flexibility index (Phi) is 2.28. The molecule has 1 heterocycles. The van der Waals surface area contributed by atoms with Gasteiger partial charge in [-0.1, -0.05) is 23.4 Å². The zero-order valence-electron chi connectivity index (χ0n) is 7.90. The van der Waals surface area contributed by atoms with E-state index in [1.165, 1.54) is 0 Å². The molecule has 0 saturated heterocycles. The molecule has 2 aromatic rings. The monoisotopic (exact) mass is 189 g/mol. The first-order chi connectivity index (χ1) is 6.81. The fourth-order valence-electron chi connectivity index (χ4n) is 1.31. The van der Waals surface area contributed by atoms with Gasteiger partial charge in [-0.05, 0) is 18.6 Å². The topological polar surface area (TPSA) is 64.9 Å². The molecule has 2 rings (SSSR count). The Morgan fingerprint density at radius 3 is 2.79 bits per heavy atom. The van der Waals surface area contributed by atoms with Gasteiger partial charge < -0.3 is 10.3 Å². The van der Waals surface area contributed by atoms with E-state index in [1.54, 1.807) is 6.92 Å². The van der Waals surface area contributed by atoms with E-state index >= 15 is 0 Å². The van der Waals surface area contributed by atoms with Crippen LogP contribution in [-0.2, 0) is 6.54 Å². The lowest BCUT2D eigenvalue weighted by molar-refractivity contribution is 0.425. The van der Waals surface area contributed by atoms with E-state index in [-0.39, 0.29) is 0 Å². The molecule has 1 aromatic carbocycles. The SMILES string of the molecule is Cc1noc(-c2ccccc2CN)n1. The zero-order chi connectivity index (χ0) is 9.97. The van der Waals surface area contributed by atoms with E-state index in [4.69, 9.17) is 10.3 Å². The van der Waals surface area contributed by atoms with Gasteiger partial charge in [0.15, 0.2) is 5.82 Å². The highest BCUT2D eigenvalue weighted by atomic mass is 16.5. The molecule has 0 bridgehead atoms. The quantitative estimate of drug-likeness (QED) is 0.777. The van der Waals surface area contributed by atoms with Crippen molar-refractivity contribution >= 4 is 0 Å². The third-order valence-corrected chi connectivity index (χ3v) is 2.00. The van der Waals surface area contributed by atoms with Gasteiger partial charge in [-0.25, -0.2) is 0 Å². The Labute approximate surface area is 81.7 Å². The lowest BCUT2D eigenvalue weighted by Gasteiger charge is -2.01. The van der Waals surface area contributed by atoms with Crippen molar-refractivity contribution in [3.05, 3.63) is 35.7 Å². The molecule has 1 aromatic heterocycles. The maximum Gasteiger partial charge on any atom is 0.258 e. The maximum atomic E-state index is 5.60. The van der Waals surface area contributed by atoms with Crippen molar-refractivity contribution in [1.82, 2.24) is 10.1 Å². The van der Waals surface area contributed by atoms with Crippen LogP contribution in [0.1, 0.15) is 11.4 Å². The predicted molar refractivity (Wildman–Crippen MR) is 52.4 cm³/mol. The van der Waals surface area contributed by atoms with Crippen LogP contribution >= 0.6 is 0 Å². The third-order valence-electron chi connectivity index (χ3n) is 2.00. The average Bonchev–Trinajstić information content (AvgIpc) is 2.65. The molecule has 0 aliphatic rings. The number of nitrogens with zero attached hydrogens (tertiary/aromatic N) is 2. The number of benzene rings is 1. The van der Waals surface area contributed by atoms with Gasteiger partial charge in [0.2, 0.25) is 0 Å². The van der Waals surface area contributed by atoms with Gasteiger partial charge in [-0.2, -0.15) is 4.98 Å². The molecular weight excluding hydrogens is 178 g/mol. The van der Waals surface area contributed by atoms with Crippen molar-refractivity contribution in [2.24, 2.45) is 5.73 Å². The predicted octanol–water partition coefficient (Wildman–Crippen LogP) is 1.50. The molecule has 0 saturated carbocycles. The van der Waals surface area contributed by atoms with Gasteiger partial charge in [0.1, 0.15) is 0 Å². The highest BCUT2D eigenvalue weighted by Crippen LogP contribution is 2.21. The van der Waals surface area contributed by atoms with Gasteiger partial charge in [-0.3, -0.25) is 0 Å². The number of aromatic nitrogens is 2. The smallest absolute Gasteiger partial charge is 0.258 e. The molecule has 0 amide bonds. The fraction of sp³-hybridized carbons (Fsp3) is 0.200. The lowest BCUT2D eigenvalue weighted by atomic mass is 10.1. The van der Waals surface area contributed by atoms with Crippen molar-refractivity contribution in [3.63, 3.8) is 0 Å². The van der Waals surface area contributed by atoms with Crippen LogP contribution in [0.3, 0.4) is 0 Å². The van der Waals surface area contributed by atoms with Crippen LogP contribution in [0.25, 0.3) is 11.5 Å². The maximum absolute atomic E-state index is 5.60. The molecule has 0 aliphatic carbocycles. The minimum atomic E-state index is 0.470. The second kappa shape index (κ2) is 3.59. The highest BCUT2D eigenvalue weighted by Gasteiger charge is 2.09. The minimum absolute atomic E-state index is 0.470. The van der Waals surface area contributed by atoms with E-state index in [0.717, 1.165) is 11.1 Å². The number of aryl methyl sites for hydroxylation is 1. The Hall–Kier alpha value is -1.68. The number of hydrogen-bond acceptors (Lipinski definition) is 4. The second-order valence-electron chi connectivity index (χ2n) is 3.01. The van der Waals surface area contributed by atoms with Gasteiger partial charge in [0, 0.05) is 12.1 Å². The first-order valence-corrected chi connectivity index (χ1v) is 4.40. The summed E-state index contributed by atoms with van der Waals surface area (Å²) < 4.78 is 5.08. The number of hydrogen-bond donors (Lipinski definition) is 1. The summed E-state index contributed by atoms with van der Waals surface area (Å²) in [5.41, 5.74) is 7.53. The summed E-state index contributed by atoms with van der Waals surface area (Å²) in [4.78, 5) is 4.16. The number of nitrogens with two attached hydrogens (primary N) is 1. The second-order valence-corrected chi connectivity index (χ2v) is 3.01. The van der Waals surface area contributed by atoms with Crippen molar-refractivity contribution in [1.29, 1.82) is 0 Å². The first kappa shape index (κ1) is 8.90. The zero-order valence-corrected chi connectivity index (χ0v) is 7.90. The molecule has 0 radical (unpaired) electrons. The molecule has 0 atom stereocenters. The lowest BCUT2D eigenvalue weighted by Crippen LogP contribution is -1.98. The summed E-state index contributed by atoms with van der Waals surface area (Å²) in [5.74, 6) is 1.16. The molecule has 0 unspecified atom stereocenters. The molecule has 4 heteroatoms. The summed E-state index contributed by atoms with van der Waals surface area (Å²) in [6.45, 7) is 2.26. The van der Waals surface area contributed by atoms with E-state index < -0.39 is 0 Å². The van der Waals surface area contributed by atoms with Gasteiger partial charge in [-0.15, -0.1) is 0 Å². The average molecular weight is 189 g/mol. The fourth-order valence-corrected chi connectivity index (χ4v) is 1.31. The van der Waals surface area contributed by atoms with E-state index in [0.29, 0.717) is 18.3 Å². The van der Waals surface area contributed by atoms with Crippen LogP contribution in [0.5, 0.6) is 0 Å². The summed E-state index contributed by atoms with van der Waals surface area (Å²) in [6, 6.07) is 7.74. The molecule has 2 N–H and O–H groups in total. The summed E-state index contributed by atoms with van der Waals surface area (Å²) in [6.07, 6.45) is 0. The van der Waals surface area contributed by atoms with E-state index in [2.05, 4.69) is 10.1 Å². The summed E-state index contributed by atoms with van der Waals surface area (Å²) in [5, 5.41) is 3.74. The van der Waals surface area contributed by atoms with Crippen molar-refractivity contribution in [2.75, 3.05) is 0 Å². The van der Waals surface area contributed by atoms with Gasteiger partial charge >= 0.3 is 0 Å². The van der Waals surface area contributed by atoms with Crippen LogP contribution in [-0.4, -0.2) is 10.1 Å². The van der Waals surface area contributed by atoms with Crippen LogP contribution in [0.15, 0.2) is 28.8 Å². The van der Waals surface area contributed by atoms with Gasteiger partial charge in [0.05, 0.1) is 0 Å². The molecule has 0 spiro atoms. The molecular formula is C10H11N3O. The largest absolute Gasteiger partial charge is 0.334 e. The Balaban J connectivity index is 2.50. The Bertz CT molecular complexity index is 436. The Morgan fingerprint density at radius 2 is 2.14 bits per heavy atom. The van der Waals surface area contributed by atoms with E-state index in [1.807, 2.05) is 24.3 Å². The van der Waals surface area contributed by atoms with Crippen LogP contribution < -0.4 is 5.73 Å². The van der Waals surface area contributed by atoms with Crippen molar-refractivity contribution < 1.29 is 4.52 Å². The minimum Gasteiger partial charge on any atom is -0.334 e. The van der Waals surface area contributed by atoms with Crippen LogP contribution in [0.4, 0.5) is 0 Å². The van der Waals surface area contributed by atoms with E-state index in [9.17, 15) is 0 Å². The molecule has 0 fully saturated rings. The normalized spacial score (nSPS) is 10.4. The Morgan fingerprint density at radius 1 is 1.36 bits per heavy atom. The highest BCUT2D eigenvalue weighted by molar-refractivity contribution is 5.58. The van der Waals surface area contributed by atoms with Crippen LogP contribution in [0.2, 0.25) is 0 Å².